The van der Waals surface area contributed by atoms with Gasteiger partial charge in [-0.2, -0.15) is 0 Å². The van der Waals surface area contributed by atoms with Gasteiger partial charge in [-0.15, -0.1) is 0 Å². The SMILES string of the molecule is c1ccc(-c2nc(-c3ccccc3)nc(-c3cccc(-n4c5ccccc5c5cc(-c6cccc7oc8ccccc8c67)ccc54)c3)n2)cc1. The summed E-state index contributed by atoms with van der Waals surface area (Å²) in [5, 5.41) is 4.64. The Morgan fingerprint density at radius 3 is 1.72 bits per heavy atom. The van der Waals surface area contributed by atoms with E-state index < -0.39 is 0 Å². The summed E-state index contributed by atoms with van der Waals surface area (Å²) in [5.74, 6) is 1.91. The summed E-state index contributed by atoms with van der Waals surface area (Å²) in [6.07, 6.45) is 0. The lowest BCUT2D eigenvalue weighted by atomic mass is 9.98. The predicted molar refractivity (Wildman–Crippen MR) is 203 cm³/mol. The van der Waals surface area contributed by atoms with Crippen LogP contribution < -0.4 is 0 Å². The largest absolute Gasteiger partial charge is 0.456 e. The summed E-state index contributed by atoms with van der Waals surface area (Å²) < 4.78 is 8.57. The van der Waals surface area contributed by atoms with Crippen LogP contribution in [0.4, 0.5) is 0 Å². The first-order chi connectivity index (χ1) is 24.8. The monoisotopic (exact) mass is 640 g/mol. The highest BCUT2D eigenvalue weighted by molar-refractivity contribution is 6.15. The van der Waals surface area contributed by atoms with E-state index in [9.17, 15) is 0 Å². The summed E-state index contributed by atoms with van der Waals surface area (Å²) in [4.78, 5) is 14.9. The number of para-hydroxylation sites is 2. The average molecular weight is 641 g/mol. The Hall–Kier alpha value is -6.85. The van der Waals surface area contributed by atoms with Crippen molar-refractivity contribution in [3.05, 3.63) is 170 Å². The Bertz CT molecular complexity index is 2810. The third-order valence-corrected chi connectivity index (χ3v) is 9.45. The zero-order valence-electron chi connectivity index (χ0n) is 26.9. The average Bonchev–Trinajstić information content (AvgIpc) is 3.74. The van der Waals surface area contributed by atoms with Crippen molar-refractivity contribution in [2.75, 3.05) is 0 Å². The van der Waals surface area contributed by atoms with Crippen LogP contribution >= 0.6 is 0 Å². The van der Waals surface area contributed by atoms with Gasteiger partial charge >= 0.3 is 0 Å². The lowest BCUT2D eigenvalue weighted by Gasteiger charge is -2.12. The van der Waals surface area contributed by atoms with E-state index in [1.54, 1.807) is 0 Å². The summed E-state index contributed by atoms with van der Waals surface area (Å²) in [6, 6.07) is 58.6. The fraction of sp³-hybridized carbons (Fsp3) is 0. The zero-order valence-corrected chi connectivity index (χ0v) is 26.9. The number of hydrogen-bond donors (Lipinski definition) is 0. The molecule has 0 N–H and O–H groups in total. The number of benzene rings is 7. The van der Waals surface area contributed by atoms with Crippen molar-refractivity contribution >= 4 is 43.7 Å². The maximum Gasteiger partial charge on any atom is 0.164 e. The lowest BCUT2D eigenvalue weighted by molar-refractivity contribution is 0.669. The molecule has 0 aliphatic rings. The molecule has 5 heteroatoms. The molecule has 10 aromatic rings. The molecule has 0 saturated heterocycles. The third kappa shape index (κ3) is 4.60. The second kappa shape index (κ2) is 11.4. The lowest BCUT2D eigenvalue weighted by Crippen LogP contribution is -2.01. The Morgan fingerprint density at radius 1 is 0.380 bits per heavy atom. The minimum atomic E-state index is 0.628. The van der Waals surface area contributed by atoms with E-state index in [0.29, 0.717) is 17.5 Å². The van der Waals surface area contributed by atoms with Gasteiger partial charge in [0, 0.05) is 43.9 Å². The second-order valence-electron chi connectivity index (χ2n) is 12.5. The van der Waals surface area contributed by atoms with E-state index in [1.807, 2.05) is 78.9 Å². The molecule has 0 aliphatic heterocycles. The first kappa shape index (κ1) is 28.2. The van der Waals surface area contributed by atoms with Gasteiger partial charge in [-0.1, -0.05) is 127 Å². The van der Waals surface area contributed by atoms with Crippen LogP contribution in [0.25, 0.3) is 94.7 Å². The van der Waals surface area contributed by atoms with Crippen molar-refractivity contribution in [3.63, 3.8) is 0 Å². The molecule has 10 rings (SSSR count). The molecule has 0 bridgehead atoms. The molecule has 0 radical (unpaired) electrons. The topological polar surface area (TPSA) is 56.7 Å². The van der Waals surface area contributed by atoms with Crippen LogP contribution in [-0.2, 0) is 0 Å². The predicted octanol–water partition coefficient (Wildman–Crippen LogP) is 11.5. The molecule has 0 fully saturated rings. The van der Waals surface area contributed by atoms with Gasteiger partial charge in [0.15, 0.2) is 17.5 Å². The van der Waals surface area contributed by atoms with Crippen LogP contribution in [0.1, 0.15) is 0 Å². The number of nitrogens with zero attached hydrogens (tertiary/aromatic N) is 4. The van der Waals surface area contributed by atoms with E-state index >= 15 is 0 Å². The molecule has 0 atom stereocenters. The molecule has 5 nitrogen and oxygen atoms in total. The summed E-state index contributed by atoms with van der Waals surface area (Å²) in [5.41, 5.74) is 10.2. The first-order valence-electron chi connectivity index (χ1n) is 16.7. The first-order valence-corrected chi connectivity index (χ1v) is 16.7. The summed E-state index contributed by atoms with van der Waals surface area (Å²) in [6.45, 7) is 0. The van der Waals surface area contributed by atoms with Crippen molar-refractivity contribution in [1.29, 1.82) is 0 Å². The van der Waals surface area contributed by atoms with Gasteiger partial charge in [-0.25, -0.2) is 15.0 Å². The van der Waals surface area contributed by atoms with Crippen LogP contribution in [0.3, 0.4) is 0 Å². The Morgan fingerprint density at radius 2 is 0.960 bits per heavy atom. The number of hydrogen-bond acceptors (Lipinski definition) is 4. The van der Waals surface area contributed by atoms with Gasteiger partial charge in [-0.05, 0) is 53.6 Å². The van der Waals surface area contributed by atoms with Gasteiger partial charge in [0.05, 0.1) is 11.0 Å². The standard InChI is InChI=1S/C45H28N4O/c1-3-13-29(14-4-1)43-46-44(30-15-5-2-6-16-30)48-45(47-43)32-17-11-18-33(27-32)49-38-22-9-7-19-35(38)37-28-31(25-26-39(37)49)34-21-12-24-41-42(34)36-20-8-10-23-40(36)50-41/h1-28H. The van der Waals surface area contributed by atoms with E-state index in [4.69, 9.17) is 19.4 Å². The molecular formula is C45H28N4O. The van der Waals surface area contributed by atoms with Crippen LogP contribution in [-0.4, -0.2) is 19.5 Å². The molecule has 0 spiro atoms. The fourth-order valence-electron chi connectivity index (χ4n) is 7.16. The molecule has 0 aliphatic carbocycles. The van der Waals surface area contributed by atoms with Crippen LogP contribution in [0.5, 0.6) is 0 Å². The molecule has 0 saturated carbocycles. The molecular weight excluding hydrogens is 613 g/mol. The van der Waals surface area contributed by atoms with Gasteiger partial charge in [0.25, 0.3) is 0 Å². The second-order valence-corrected chi connectivity index (χ2v) is 12.5. The number of fused-ring (bicyclic) bond motifs is 6. The maximum atomic E-state index is 6.23. The summed E-state index contributed by atoms with van der Waals surface area (Å²) >= 11 is 0. The highest BCUT2D eigenvalue weighted by Gasteiger charge is 2.18. The van der Waals surface area contributed by atoms with Crippen molar-refractivity contribution in [3.8, 4) is 51.0 Å². The van der Waals surface area contributed by atoms with Crippen LogP contribution in [0, 0.1) is 0 Å². The van der Waals surface area contributed by atoms with Crippen molar-refractivity contribution in [1.82, 2.24) is 19.5 Å². The van der Waals surface area contributed by atoms with Crippen molar-refractivity contribution < 1.29 is 4.42 Å². The van der Waals surface area contributed by atoms with Gasteiger partial charge in [0.1, 0.15) is 11.2 Å². The minimum absolute atomic E-state index is 0.628. The van der Waals surface area contributed by atoms with E-state index in [-0.39, 0.29) is 0 Å². The number of furan rings is 1. The molecule has 0 amide bonds. The fourth-order valence-corrected chi connectivity index (χ4v) is 7.16. The van der Waals surface area contributed by atoms with Crippen molar-refractivity contribution in [2.45, 2.75) is 0 Å². The van der Waals surface area contributed by atoms with Gasteiger partial charge < -0.3 is 8.98 Å². The maximum absolute atomic E-state index is 6.23. The highest BCUT2D eigenvalue weighted by Crippen LogP contribution is 2.40. The quantitative estimate of drug-likeness (QED) is 0.188. The smallest absolute Gasteiger partial charge is 0.164 e. The highest BCUT2D eigenvalue weighted by atomic mass is 16.3. The van der Waals surface area contributed by atoms with Crippen LogP contribution in [0.15, 0.2) is 174 Å². The van der Waals surface area contributed by atoms with E-state index in [2.05, 4.69) is 95.6 Å². The normalized spacial score (nSPS) is 11.6. The number of rotatable bonds is 5. The molecule has 3 heterocycles. The molecule has 50 heavy (non-hydrogen) atoms. The molecule has 7 aromatic carbocycles. The number of aromatic nitrogens is 4. The Kier molecular flexibility index (Phi) is 6.42. The summed E-state index contributed by atoms with van der Waals surface area (Å²) in [7, 11) is 0. The molecule has 234 valence electrons. The molecule has 0 unspecified atom stereocenters. The van der Waals surface area contributed by atoms with Crippen molar-refractivity contribution in [2.24, 2.45) is 0 Å². The van der Waals surface area contributed by atoms with E-state index in [1.165, 1.54) is 10.8 Å². The van der Waals surface area contributed by atoms with Gasteiger partial charge in [0.2, 0.25) is 0 Å². The Balaban J connectivity index is 1.15. The van der Waals surface area contributed by atoms with E-state index in [0.717, 1.165) is 66.5 Å². The van der Waals surface area contributed by atoms with Crippen LogP contribution in [0.2, 0.25) is 0 Å². The Labute approximate surface area is 287 Å². The minimum Gasteiger partial charge on any atom is -0.456 e. The molecule has 3 aromatic heterocycles. The van der Waals surface area contributed by atoms with Gasteiger partial charge in [-0.3, -0.25) is 0 Å². The third-order valence-electron chi connectivity index (χ3n) is 9.45. The zero-order chi connectivity index (χ0) is 33.0.